The fraction of sp³-hybridized carbons (Fsp3) is 0.275. The van der Waals surface area contributed by atoms with E-state index < -0.39 is 5.97 Å². The van der Waals surface area contributed by atoms with E-state index in [0.717, 1.165) is 37.8 Å². The van der Waals surface area contributed by atoms with E-state index in [1.165, 1.54) is 31.2 Å². The summed E-state index contributed by atoms with van der Waals surface area (Å²) in [5, 5.41) is 9.86. The molecule has 0 radical (unpaired) electrons. The van der Waals surface area contributed by atoms with Crippen molar-refractivity contribution in [2.75, 3.05) is 6.54 Å². The topological polar surface area (TPSA) is 49.8 Å². The van der Waals surface area contributed by atoms with Gasteiger partial charge in [0.1, 0.15) is 12.4 Å². The first-order chi connectivity index (χ1) is 22.0. The molecule has 1 N–H and O–H groups in total. The highest BCUT2D eigenvalue weighted by Crippen LogP contribution is 2.34. The molecule has 0 aliphatic heterocycles. The predicted octanol–water partition coefficient (Wildman–Crippen LogP) is 10.4. The second-order valence-electron chi connectivity index (χ2n) is 11.6. The Morgan fingerprint density at radius 1 is 0.733 bits per heavy atom. The summed E-state index contributed by atoms with van der Waals surface area (Å²) in [4.78, 5) is 16.3. The molecule has 0 saturated heterocycles. The number of ether oxygens (including phenoxy) is 1. The molecular weight excluding hydrogens is 575 g/mol. The van der Waals surface area contributed by atoms with Gasteiger partial charge in [0.15, 0.2) is 0 Å². The number of nitrogens with zero attached hydrogens (tertiary/aromatic N) is 1. The van der Waals surface area contributed by atoms with Gasteiger partial charge in [-0.25, -0.2) is 0 Å². The Morgan fingerprint density at radius 2 is 1.33 bits per heavy atom. The van der Waals surface area contributed by atoms with E-state index in [1.54, 1.807) is 11.3 Å². The highest BCUT2D eigenvalue weighted by Gasteiger charge is 2.25. The third-order valence-corrected chi connectivity index (χ3v) is 9.34. The fourth-order valence-corrected chi connectivity index (χ4v) is 7.10. The lowest BCUT2D eigenvalue weighted by molar-refractivity contribution is -0.138. The monoisotopic (exact) mass is 617 g/mol. The van der Waals surface area contributed by atoms with Crippen molar-refractivity contribution in [1.82, 2.24) is 4.90 Å². The molecule has 0 unspecified atom stereocenters. The van der Waals surface area contributed by atoms with E-state index in [1.807, 2.05) is 41.3 Å². The number of hydrogen-bond acceptors (Lipinski definition) is 4. The van der Waals surface area contributed by atoms with Crippen LogP contribution < -0.4 is 4.74 Å². The zero-order valence-corrected chi connectivity index (χ0v) is 27.1. The number of thiophene rings is 1. The summed E-state index contributed by atoms with van der Waals surface area (Å²) in [5.41, 5.74) is 5.83. The second kappa shape index (κ2) is 16.2. The van der Waals surface area contributed by atoms with E-state index in [2.05, 4.69) is 98.8 Å². The summed E-state index contributed by atoms with van der Waals surface area (Å²) < 4.78 is 6.12. The van der Waals surface area contributed by atoms with Gasteiger partial charge in [0.25, 0.3) is 0 Å². The van der Waals surface area contributed by atoms with E-state index in [0.29, 0.717) is 19.1 Å². The van der Waals surface area contributed by atoms with Gasteiger partial charge >= 0.3 is 5.97 Å². The first kappa shape index (κ1) is 32.2. The molecule has 5 aromatic rings. The molecule has 0 fully saturated rings. The molecule has 0 spiro atoms. The lowest BCUT2D eigenvalue weighted by Gasteiger charge is -2.31. The van der Waals surface area contributed by atoms with Gasteiger partial charge in [0, 0.05) is 16.3 Å². The van der Waals surface area contributed by atoms with Gasteiger partial charge in [0.2, 0.25) is 0 Å². The first-order valence-electron chi connectivity index (χ1n) is 16.0. The van der Waals surface area contributed by atoms with Crippen LogP contribution >= 0.6 is 11.3 Å². The standard InChI is InChI=1S/C40H43NO3S/c1-3-11-31(12-4-2)32-21-23-36(24-22-32)44-29-30-17-19-33(20-18-30)38-26-25-37(45-38)27-41(28-39(42)43)40(34-13-7-5-8-14-34)35-15-9-6-10-16-35/h5-10,13-26,31,40H,3-4,11-12,27-29H2,1-2H3,(H,42,43). The minimum absolute atomic E-state index is 0.0584. The smallest absolute Gasteiger partial charge is 0.317 e. The van der Waals surface area contributed by atoms with Gasteiger partial charge < -0.3 is 9.84 Å². The zero-order chi connectivity index (χ0) is 31.4. The second-order valence-corrected chi connectivity index (χ2v) is 12.8. The van der Waals surface area contributed by atoms with Crippen LogP contribution in [0.2, 0.25) is 0 Å². The van der Waals surface area contributed by atoms with Crippen molar-refractivity contribution >= 4 is 17.3 Å². The molecule has 0 aliphatic rings. The van der Waals surface area contributed by atoms with Crippen molar-refractivity contribution in [3.8, 4) is 16.2 Å². The molecule has 0 atom stereocenters. The molecule has 0 saturated carbocycles. The number of carboxylic acids is 1. The van der Waals surface area contributed by atoms with Crippen molar-refractivity contribution in [2.24, 2.45) is 0 Å². The average molecular weight is 618 g/mol. The van der Waals surface area contributed by atoms with Gasteiger partial charge in [-0.15, -0.1) is 11.3 Å². The average Bonchev–Trinajstić information content (AvgIpc) is 3.53. The minimum atomic E-state index is -0.838. The molecule has 45 heavy (non-hydrogen) atoms. The largest absolute Gasteiger partial charge is 0.489 e. The number of carbonyl (C=O) groups is 1. The molecule has 232 valence electrons. The van der Waals surface area contributed by atoms with Crippen molar-refractivity contribution in [3.63, 3.8) is 0 Å². The molecule has 4 nitrogen and oxygen atoms in total. The number of rotatable bonds is 16. The van der Waals surface area contributed by atoms with Crippen LogP contribution in [0.4, 0.5) is 0 Å². The molecule has 0 bridgehead atoms. The van der Waals surface area contributed by atoms with Crippen LogP contribution in [0.25, 0.3) is 10.4 Å². The quantitative estimate of drug-likeness (QED) is 0.120. The van der Waals surface area contributed by atoms with Gasteiger partial charge in [-0.05, 0) is 70.8 Å². The number of benzene rings is 4. The van der Waals surface area contributed by atoms with Crippen molar-refractivity contribution in [2.45, 2.75) is 64.6 Å². The lowest BCUT2D eigenvalue weighted by Crippen LogP contribution is -2.33. The molecule has 0 aliphatic carbocycles. The van der Waals surface area contributed by atoms with Crippen molar-refractivity contribution < 1.29 is 14.6 Å². The molecule has 0 amide bonds. The maximum Gasteiger partial charge on any atom is 0.317 e. The third kappa shape index (κ3) is 8.93. The third-order valence-electron chi connectivity index (χ3n) is 8.22. The Bertz CT molecular complexity index is 1550. The SMILES string of the molecule is CCCC(CCC)c1ccc(OCc2ccc(-c3ccc(CN(CC(=O)O)C(c4ccccc4)c4ccccc4)s3)cc2)cc1. The van der Waals surface area contributed by atoms with Crippen molar-refractivity contribution in [1.29, 1.82) is 0 Å². The van der Waals surface area contributed by atoms with Crippen LogP contribution in [0.15, 0.2) is 121 Å². The number of aliphatic carboxylic acids is 1. The summed E-state index contributed by atoms with van der Waals surface area (Å²) in [6, 6.07) is 41.6. The van der Waals surface area contributed by atoms with Crippen LogP contribution in [0.3, 0.4) is 0 Å². The number of carboxylic acid groups (broad SMARTS) is 1. The Balaban J connectivity index is 1.25. The Hall–Kier alpha value is -4.19. The Morgan fingerprint density at radius 3 is 1.89 bits per heavy atom. The van der Waals surface area contributed by atoms with Crippen LogP contribution in [-0.4, -0.2) is 22.5 Å². The highest BCUT2D eigenvalue weighted by molar-refractivity contribution is 7.15. The number of hydrogen-bond donors (Lipinski definition) is 1. The van der Waals surface area contributed by atoms with Crippen LogP contribution in [0, 0.1) is 0 Å². The van der Waals surface area contributed by atoms with E-state index >= 15 is 0 Å². The van der Waals surface area contributed by atoms with Gasteiger partial charge in [-0.3, -0.25) is 9.69 Å². The van der Waals surface area contributed by atoms with Crippen LogP contribution in [-0.2, 0) is 17.9 Å². The Labute approximate surface area is 272 Å². The molecule has 4 aromatic carbocycles. The normalized spacial score (nSPS) is 11.4. The minimum Gasteiger partial charge on any atom is -0.489 e. The fourth-order valence-electron chi connectivity index (χ4n) is 6.06. The highest BCUT2D eigenvalue weighted by atomic mass is 32.1. The van der Waals surface area contributed by atoms with E-state index in [-0.39, 0.29) is 12.6 Å². The molecule has 5 heteroatoms. The molecular formula is C40H43NO3S. The summed E-state index contributed by atoms with van der Waals surface area (Å²) >= 11 is 1.71. The summed E-state index contributed by atoms with van der Waals surface area (Å²) in [6.07, 6.45) is 4.87. The first-order valence-corrected chi connectivity index (χ1v) is 16.8. The Kier molecular flexibility index (Phi) is 11.6. The zero-order valence-electron chi connectivity index (χ0n) is 26.3. The summed E-state index contributed by atoms with van der Waals surface area (Å²) in [5.74, 6) is 0.691. The maximum absolute atomic E-state index is 12.0. The van der Waals surface area contributed by atoms with E-state index in [4.69, 9.17) is 4.74 Å². The molecule has 1 aromatic heterocycles. The predicted molar refractivity (Wildman–Crippen MR) is 186 cm³/mol. The van der Waals surface area contributed by atoms with Gasteiger partial charge in [-0.2, -0.15) is 0 Å². The van der Waals surface area contributed by atoms with Crippen LogP contribution in [0.5, 0.6) is 5.75 Å². The summed E-state index contributed by atoms with van der Waals surface area (Å²) in [6.45, 7) is 5.51. The van der Waals surface area contributed by atoms with Crippen molar-refractivity contribution in [3.05, 3.63) is 148 Å². The van der Waals surface area contributed by atoms with Crippen LogP contribution in [0.1, 0.15) is 78.6 Å². The van der Waals surface area contributed by atoms with Gasteiger partial charge in [0.05, 0.1) is 12.6 Å². The van der Waals surface area contributed by atoms with E-state index in [9.17, 15) is 9.90 Å². The van der Waals surface area contributed by atoms with Gasteiger partial charge in [-0.1, -0.05) is 124 Å². The summed E-state index contributed by atoms with van der Waals surface area (Å²) in [7, 11) is 0. The molecule has 5 rings (SSSR count). The molecule has 1 heterocycles. The lowest BCUT2D eigenvalue weighted by atomic mass is 9.90. The maximum atomic E-state index is 12.0.